The first kappa shape index (κ1) is 21.9. The molecule has 0 fully saturated rings. The minimum Gasteiger partial charge on any atom is -0.321 e. The molecule has 0 atom stereocenters. The maximum atomic E-state index is 12.7. The van der Waals surface area contributed by atoms with Crippen molar-refractivity contribution in [1.29, 1.82) is 10.5 Å². The van der Waals surface area contributed by atoms with Gasteiger partial charge in [0.2, 0.25) is 0 Å². The summed E-state index contributed by atoms with van der Waals surface area (Å²) in [6.07, 6.45) is 5.83. The smallest absolute Gasteiger partial charge is 0.266 e. The summed E-state index contributed by atoms with van der Waals surface area (Å²) in [4.78, 5) is 14.0. The van der Waals surface area contributed by atoms with Crippen LogP contribution in [0.25, 0.3) is 11.1 Å². The molecule has 1 aliphatic rings. The lowest BCUT2D eigenvalue weighted by atomic mass is 9.96. The quantitative estimate of drug-likeness (QED) is 0.377. The van der Waals surface area contributed by atoms with E-state index in [0.717, 1.165) is 53.2 Å². The topological polar surface area (TPSA) is 81.6 Å². The van der Waals surface area contributed by atoms with E-state index in [1.807, 2.05) is 26.0 Å². The number of hydrogen-bond donors (Lipinski definition) is 1. The first-order chi connectivity index (χ1) is 15.4. The average molecular weight is 461 g/mol. The van der Waals surface area contributed by atoms with Gasteiger partial charge >= 0.3 is 0 Å². The van der Waals surface area contributed by atoms with Gasteiger partial charge in [-0.25, -0.2) is 0 Å². The molecule has 0 saturated carbocycles. The zero-order valence-electron chi connectivity index (χ0n) is 17.8. The average Bonchev–Trinajstić information content (AvgIpc) is 3.27. The molecule has 1 aromatic carbocycles. The van der Waals surface area contributed by atoms with Crippen molar-refractivity contribution in [1.82, 2.24) is 4.57 Å². The van der Waals surface area contributed by atoms with Crippen LogP contribution in [0, 0.1) is 36.5 Å². The maximum Gasteiger partial charge on any atom is 0.266 e. The summed E-state index contributed by atoms with van der Waals surface area (Å²) in [6, 6.07) is 13.1. The minimum absolute atomic E-state index is 0.00351. The second kappa shape index (κ2) is 9.04. The summed E-state index contributed by atoms with van der Waals surface area (Å²) in [6.45, 7) is 3.92. The molecule has 5 nitrogen and oxygen atoms in total. The maximum absolute atomic E-state index is 12.7. The van der Waals surface area contributed by atoms with Gasteiger partial charge in [-0.1, -0.05) is 17.7 Å². The highest BCUT2D eigenvalue weighted by Gasteiger charge is 2.24. The molecular weight excluding hydrogens is 440 g/mol. The molecule has 0 unspecified atom stereocenters. The van der Waals surface area contributed by atoms with Crippen LogP contribution in [-0.2, 0) is 17.6 Å². The van der Waals surface area contributed by atoms with E-state index in [2.05, 4.69) is 16.0 Å². The van der Waals surface area contributed by atoms with Crippen LogP contribution >= 0.6 is 22.9 Å². The molecule has 0 saturated heterocycles. The van der Waals surface area contributed by atoms with Crippen LogP contribution in [0.15, 0.2) is 35.9 Å². The normalized spacial score (nSPS) is 13.2. The van der Waals surface area contributed by atoms with Gasteiger partial charge in [0.1, 0.15) is 22.7 Å². The number of carbonyl (C=O) groups excluding carboxylic acids is 1. The lowest BCUT2D eigenvalue weighted by molar-refractivity contribution is -0.112. The van der Waals surface area contributed by atoms with Gasteiger partial charge in [0.15, 0.2) is 0 Å². The Balaban J connectivity index is 1.71. The zero-order valence-corrected chi connectivity index (χ0v) is 19.4. The number of carbonyl (C=O) groups is 1. The van der Waals surface area contributed by atoms with Crippen molar-refractivity contribution in [3.05, 3.63) is 73.9 Å². The van der Waals surface area contributed by atoms with Crippen molar-refractivity contribution in [2.24, 2.45) is 0 Å². The number of rotatable bonds is 4. The van der Waals surface area contributed by atoms with Gasteiger partial charge in [-0.3, -0.25) is 4.79 Å². The highest BCUT2D eigenvalue weighted by atomic mass is 35.5. The molecule has 2 heterocycles. The van der Waals surface area contributed by atoms with E-state index in [9.17, 15) is 15.3 Å². The molecule has 2 aromatic heterocycles. The number of nitrogens with zero attached hydrogens (tertiary/aromatic N) is 3. The monoisotopic (exact) mass is 460 g/mol. The minimum atomic E-state index is -0.496. The summed E-state index contributed by atoms with van der Waals surface area (Å²) in [5, 5.41) is 23.6. The number of benzene rings is 1. The number of amides is 1. The summed E-state index contributed by atoms with van der Waals surface area (Å²) < 4.78 is 2.07. The molecule has 1 aliphatic carbocycles. The molecule has 4 rings (SSSR count). The van der Waals surface area contributed by atoms with Crippen LogP contribution in [0.5, 0.6) is 0 Å². The molecule has 160 valence electrons. The number of hydrogen-bond acceptors (Lipinski definition) is 4. The van der Waals surface area contributed by atoms with Gasteiger partial charge in [0, 0.05) is 27.0 Å². The molecule has 0 aliphatic heterocycles. The van der Waals surface area contributed by atoms with Gasteiger partial charge < -0.3 is 9.88 Å². The molecule has 7 heteroatoms. The van der Waals surface area contributed by atoms with E-state index in [0.29, 0.717) is 10.7 Å². The third-order valence-corrected chi connectivity index (χ3v) is 7.20. The predicted molar refractivity (Wildman–Crippen MR) is 128 cm³/mol. The van der Waals surface area contributed by atoms with Crippen molar-refractivity contribution < 1.29 is 4.79 Å². The Morgan fingerprint density at radius 2 is 2.00 bits per heavy atom. The van der Waals surface area contributed by atoms with E-state index in [-0.39, 0.29) is 5.57 Å². The fourth-order valence-corrected chi connectivity index (χ4v) is 5.78. The molecule has 1 N–H and O–H groups in total. The standard InChI is InChI=1S/C25H21ClN4OS/c1-15-10-17(11-18(13-27)24(31)29-20-7-5-6-19(26)12-20)16(2)30(15)25-22(14-28)21-8-3-4-9-23(21)32-25/h5-7,10-12H,3-4,8-9H2,1-2H3,(H,29,31)/b18-11+. The van der Waals surface area contributed by atoms with Gasteiger partial charge in [0.25, 0.3) is 5.91 Å². The van der Waals surface area contributed by atoms with Gasteiger partial charge in [-0.15, -0.1) is 11.3 Å². The summed E-state index contributed by atoms with van der Waals surface area (Å²) in [5.74, 6) is -0.496. The van der Waals surface area contributed by atoms with E-state index < -0.39 is 5.91 Å². The first-order valence-corrected chi connectivity index (χ1v) is 11.5. The second-order valence-corrected chi connectivity index (χ2v) is 9.32. The number of thiophene rings is 1. The number of nitrogens with one attached hydrogen (secondary N) is 1. The number of nitriles is 2. The molecule has 0 spiro atoms. The number of anilines is 1. The lowest BCUT2D eigenvalue weighted by Crippen LogP contribution is -2.13. The van der Waals surface area contributed by atoms with Crippen LogP contribution in [0.4, 0.5) is 5.69 Å². The summed E-state index contributed by atoms with van der Waals surface area (Å²) >= 11 is 7.66. The van der Waals surface area contributed by atoms with Crippen LogP contribution in [0.1, 0.15) is 45.8 Å². The van der Waals surface area contributed by atoms with E-state index in [1.165, 1.54) is 10.4 Å². The lowest BCUT2D eigenvalue weighted by Gasteiger charge is -2.10. The fraction of sp³-hybridized carbons (Fsp3) is 0.240. The molecule has 0 bridgehead atoms. The van der Waals surface area contributed by atoms with Crippen LogP contribution in [-0.4, -0.2) is 10.5 Å². The Kier molecular flexibility index (Phi) is 6.19. The molecule has 32 heavy (non-hydrogen) atoms. The first-order valence-electron chi connectivity index (χ1n) is 10.4. The van der Waals surface area contributed by atoms with Gasteiger partial charge in [0.05, 0.1) is 5.56 Å². The van der Waals surface area contributed by atoms with E-state index in [1.54, 1.807) is 41.7 Å². The Hall–Kier alpha value is -3.32. The van der Waals surface area contributed by atoms with Crippen LogP contribution in [0.3, 0.4) is 0 Å². The largest absolute Gasteiger partial charge is 0.321 e. The SMILES string of the molecule is Cc1cc(/C=C(\C#N)C(=O)Nc2cccc(Cl)c2)c(C)n1-c1sc2c(c1C#N)CCCC2. The third kappa shape index (κ3) is 4.08. The zero-order chi connectivity index (χ0) is 22.8. The van der Waals surface area contributed by atoms with Crippen LogP contribution < -0.4 is 5.32 Å². The highest BCUT2D eigenvalue weighted by molar-refractivity contribution is 7.15. The molecule has 1 amide bonds. The number of halogens is 1. The fourth-order valence-electron chi connectivity index (χ4n) is 4.14. The Labute approximate surface area is 196 Å². The van der Waals surface area contributed by atoms with E-state index in [4.69, 9.17) is 11.6 Å². The molecular formula is C25H21ClN4OS. The van der Waals surface area contributed by atoms with Crippen LogP contribution in [0.2, 0.25) is 5.02 Å². The van der Waals surface area contributed by atoms with Crippen molar-refractivity contribution >= 4 is 40.6 Å². The second-order valence-electron chi connectivity index (χ2n) is 7.80. The Morgan fingerprint density at radius 3 is 2.72 bits per heavy atom. The van der Waals surface area contributed by atoms with Crippen molar-refractivity contribution in [2.75, 3.05) is 5.32 Å². The van der Waals surface area contributed by atoms with Gasteiger partial charge in [-0.2, -0.15) is 10.5 Å². The predicted octanol–water partition coefficient (Wildman–Crippen LogP) is 6.11. The molecule has 3 aromatic rings. The number of fused-ring (bicyclic) bond motifs is 1. The van der Waals surface area contributed by atoms with Crippen molar-refractivity contribution in [2.45, 2.75) is 39.5 Å². The summed E-state index contributed by atoms with van der Waals surface area (Å²) in [7, 11) is 0. The third-order valence-electron chi connectivity index (χ3n) is 5.69. The van der Waals surface area contributed by atoms with E-state index >= 15 is 0 Å². The van der Waals surface area contributed by atoms with Gasteiger partial charge in [-0.05, 0) is 81.0 Å². The molecule has 0 radical (unpaired) electrons. The Bertz CT molecular complexity index is 1330. The number of aryl methyl sites for hydroxylation is 2. The number of aromatic nitrogens is 1. The summed E-state index contributed by atoms with van der Waals surface area (Å²) in [5.41, 5.74) is 5.07. The van der Waals surface area contributed by atoms with Crippen molar-refractivity contribution in [3.63, 3.8) is 0 Å². The highest BCUT2D eigenvalue weighted by Crippen LogP contribution is 2.38. The Morgan fingerprint density at radius 1 is 1.22 bits per heavy atom. The van der Waals surface area contributed by atoms with Crippen molar-refractivity contribution in [3.8, 4) is 17.1 Å².